The number of carbonyl (C=O) groups is 1. The zero-order valence-corrected chi connectivity index (χ0v) is 12.6. The number of amides is 1. The van der Waals surface area contributed by atoms with Crippen LogP contribution in [0.3, 0.4) is 0 Å². The molecule has 1 amide bonds. The number of nitrogens with zero attached hydrogens (tertiary/aromatic N) is 4. The van der Waals surface area contributed by atoms with Crippen molar-refractivity contribution >= 4 is 28.6 Å². The first kappa shape index (κ1) is 15.2. The molecule has 8 heteroatoms. The van der Waals surface area contributed by atoms with E-state index in [4.69, 9.17) is 4.74 Å². The molecule has 8 nitrogen and oxygen atoms in total. The number of fused-ring (bicyclic) bond motifs is 1. The molecule has 23 heavy (non-hydrogen) atoms. The second-order valence-electron chi connectivity index (χ2n) is 5.27. The Morgan fingerprint density at radius 3 is 2.83 bits per heavy atom. The van der Waals surface area contributed by atoms with Crippen LogP contribution in [0.25, 0.3) is 17.0 Å². The molecule has 1 aliphatic heterocycles. The van der Waals surface area contributed by atoms with Gasteiger partial charge in [0.15, 0.2) is 0 Å². The van der Waals surface area contributed by atoms with Crippen LogP contribution in [-0.4, -0.2) is 51.8 Å². The number of hydrogen-bond donors (Lipinski definition) is 0. The number of aromatic nitrogens is 2. The number of benzene rings is 1. The normalized spacial score (nSPS) is 15.4. The number of rotatable bonds is 3. The topological polar surface area (TPSA) is 90.5 Å². The molecule has 0 atom stereocenters. The zero-order valence-electron chi connectivity index (χ0n) is 12.6. The molecule has 2 heterocycles. The first-order valence-electron chi connectivity index (χ1n) is 7.21. The standard InChI is InChI=1S/C15H16N4O4/c1-17-13-8-11(9-14(19(21)22)12(13)10-16-17)2-3-15(20)18-4-6-23-7-5-18/h2-3,8-10H,4-7H2,1H3/b3-2+. The number of nitro groups is 1. The van der Waals surface area contributed by atoms with E-state index in [0.29, 0.717) is 42.8 Å². The lowest BCUT2D eigenvalue weighted by atomic mass is 10.1. The summed E-state index contributed by atoms with van der Waals surface area (Å²) in [5.74, 6) is -0.124. The molecule has 0 bridgehead atoms. The van der Waals surface area contributed by atoms with Gasteiger partial charge in [-0.2, -0.15) is 5.10 Å². The quantitative estimate of drug-likeness (QED) is 0.484. The molecule has 0 radical (unpaired) electrons. The van der Waals surface area contributed by atoms with E-state index in [1.54, 1.807) is 28.8 Å². The first-order chi connectivity index (χ1) is 11.1. The van der Waals surface area contributed by atoms with E-state index >= 15 is 0 Å². The zero-order chi connectivity index (χ0) is 16.4. The highest BCUT2D eigenvalue weighted by Crippen LogP contribution is 2.27. The van der Waals surface area contributed by atoms with Crippen LogP contribution in [-0.2, 0) is 16.6 Å². The van der Waals surface area contributed by atoms with Crippen molar-refractivity contribution in [1.29, 1.82) is 0 Å². The van der Waals surface area contributed by atoms with Crippen molar-refractivity contribution < 1.29 is 14.5 Å². The molecular weight excluding hydrogens is 300 g/mol. The van der Waals surface area contributed by atoms with Gasteiger partial charge in [0, 0.05) is 32.3 Å². The van der Waals surface area contributed by atoms with E-state index in [0.717, 1.165) is 0 Å². The van der Waals surface area contributed by atoms with Crippen molar-refractivity contribution in [3.8, 4) is 0 Å². The smallest absolute Gasteiger partial charge is 0.280 e. The fraction of sp³-hybridized carbons (Fsp3) is 0.333. The minimum Gasteiger partial charge on any atom is -0.378 e. The van der Waals surface area contributed by atoms with Crippen molar-refractivity contribution in [3.63, 3.8) is 0 Å². The summed E-state index contributed by atoms with van der Waals surface area (Å²) in [5, 5.41) is 15.7. The highest BCUT2D eigenvalue weighted by atomic mass is 16.6. The van der Waals surface area contributed by atoms with Crippen LogP contribution in [0.2, 0.25) is 0 Å². The lowest BCUT2D eigenvalue weighted by Crippen LogP contribution is -2.39. The van der Waals surface area contributed by atoms with E-state index in [9.17, 15) is 14.9 Å². The minimum atomic E-state index is -0.439. The van der Waals surface area contributed by atoms with E-state index in [-0.39, 0.29) is 11.6 Å². The summed E-state index contributed by atoms with van der Waals surface area (Å²) in [4.78, 5) is 24.6. The summed E-state index contributed by atoms with van der Waals surface area (Å²) < 4.78 is 6.78. The average Bonchev–Trinajstić information content (AvgIpc) is 2.94. The molecule has 0 aliphatic carbocycles. The SMILES string of the molecule is Cn1ncc2c([N+](=O)[O-])cc(/C=C/C(=O)N3CCOCC3)cc21. The molecule has 1 fully saturated rings. The van der Waals surface area contributed by atoms with E-state index < -0.39 is 4.92 Å². The molecule has 1 saturated heterocycles. The number of hydrogen-bond acceptors (Lipinski definition) is 5. The first-order valence-corrected chi connectivity index (χ1v) is 7.21. The maximum Gasteiger partial charge on any atom is 0.280 e. The minimum absolute atomic E-state index is 0.0194. The molecule has 2 aromatic rings. The molecule has 0 unspecified atom stereocenters. The molecule has 1 aliphatic rings. The predicted octanol–water partition coefficient (Wildman–Crippen LogP) is 1.35. The Kier molecular flexibility index (Phi) is 4.07. The van der Waals surface area contributed by atoms with E-state index in [1.807, 2.05) is 0 Å². The largest absolute Gasteiger partial charge is 0.378 e. The maximum atomic E-state index is 12.1. The number of ether oxygens (including phenoxy) is 1. The Balaban J connectivity index is 1.90. The summed E-state index contributed by atoms with van der Waals surface area (Å²) in [6, 6.07) is 3.23. The van der Waals surface area contributed by atoms with Crippen LogP contribution in [0, 0.1) is 10.1 Å². The van der Waals surface area contributed by atoms with Gasteiger partial charge in [0.05, 0.1) is 35.2 Å². The van der Waals surface area contributed by atoms with Gasteiger partial charge in [-0.3, -0.25) is 19.6 Å². The fourth-order valence-electron chi connectivity index (χ4n) is 2.55. The van der Waals surface area contributed by atoms with Gasteiger partial charge in [-0.25, -0.2) is 0 Å². The summed E-state index contributed by atoms with van der Waals surface area (Å²) >= 11 is 0. The number of aryl methyl sites for hydroxylation is 1. The molecule has 1 aromatic carbocycles. The third-order valence-corrected chi connectivity index (χ3v) is 3.81. The fourth-order valence-corrected chi connectivity index (χ4v) is 2.55. The Morgan fingerprint density at radius 2 is 2.13 bits per heavy atom. The molecule has 0 saturated carbocycles. The Bertz CT molecular complexity index is 790. The highest BCUT2D eigenvalue weighted by Gasteiger charge is 2.17. The van der Waals surface area contributed by atoms with Crippen LogP contribution in [0.1, 0.15) is 5.56 Å². The van der Waals surface area contributed by atoms with Gasteiger partial charge in [-0.1, -0.05) is 0 Å². The van der Waals surface area contributed by atoms with Gasteiger partial charge in [0.2, 0.25) is 5.91 Å². The molecule has 0 N–H and O–H groups in total. The van der Waals surface area contributed by atoms with E-state index in [1.165, 1.54) is 18.3 Å². The lowest BCUT2D eigenvalue weighted by molar-refractivity contribution is -0.383. The average molecular weight is 316 g/mol. The van der Waals surface area contributed by atoms with Crippen LogP contribution in [0.5, 0.6) is 0 Å². The van der Waals surface area contributed by atoms with E-state index in [2.05, 4.69) is 5.10 Å². The Hall–Kier alpha value is -2.74. The summed E-state index contributed by atoms with van der Waals surface area (Å²) in [6.07, 6.45) is 4.50. The highest BCUT2D eigenvalue weighted by molar-refractivity contribution is 5.94. The van der Waals surface area contributed by atoms with Gasteiger partial charge < -0.3 is 9.64 Å². The van der Waals surface area contributed by atoms with Gasteiger partial charge in [-0.15, -0.1) is 0 Å². The molecule has 120 valence electrons. The number of carbonyl (C=O) groups excluding carboxylic acids is 1. The van der Waals surface area contributed by atoms with Gasteiger partial charge in [0.1, 0.15) is 0 Å². The van der Waals surface area contributed by atoms with Crippen LogP contribution < -0.4 is 0 Å². The van der Waals surface area contributed by atoms with Gasteiger partial charge in [0.25, 0.3) is 5.69 Å². The van der Waals surface area contributed by atoms with Gasteiger partial charge in [-0.05, 0) is 17.7 Å². The molecule has 0 spiro atoms. The lowest BCUT2D eigenvalue weighted by Gasteiger charge is -2.25. The van der Waals surface area contributed by atoms with Crippen molar-refractivity contribution in [2.75, 3.05) is 26.3 Å². The third kappa shape index (κ3) is 3.07. The second-order valence-corrected chi connectivity index (χ2v) is 5.27. The molecule has 3 rings (SSSR count). The van der Waals surface area contributed by atoms with Crippen molar-refractivity contribution in [2.24, 2.45) is 7.05 Å². The predicted molar refractivity (Wildman–Crippen MR) is 83.8 cm³/mol. The monoisotopic (exact) mass is 316 g/mol. The Morgan fingerprint density at radius 1 is 1.39 bits per heavy atom. The van der Waals surface area contributed by atoms with Crippen LogP contribution in [0.4, 0.5) is 5.69 Å². The van der Waals surface area contributed by atoms with Crippen LogP contribution >= 0.6 is 0 Å². The molecular formula is C15H16N4O4. The second kappa shape index (κ2) is 6.17. The van der Waals surface area contributed by atoms with Crippen molar-refractivity contribution in [1.82, 2.24) is 14.7 Å². The Labute approximate surface area is 132 Å². The van der Waals surface area contributed by atoms with Gasteiger partial charge >= 0.3 is 0 Å². The number of morpholine rings is 1. The number of nitro benzene ring substituents is 1. The van der Waals surface area contributed by atoms with Crippen molar-refractivity contribution in [2.45, 2.75) is 0 Å². The number of non-ortho nitro benzene ring substituents is 1. The molecule has 1 aromatic heterocycles. The summed E-state index contributed by atoms with van der Waals surface area (Å²) in [6.45, 7) is 2.19. The van der Waals surface area contributed by atoms with Crippen LogP contribution in [0.15, 0.2) is 24.4 Å². The summed E-state index contributed by atoms with van der Waals surface area (Å²) in [5.41, 5.74) is 1.22. The third-order valence-electron chi connectivity index (χ3n) is 3.81. The maximum absolute atomic E-state index is 12.1. The summed E-state index contributed by atoms with van der Waals surface area (Å²) in [7, 11) is 1.72. The van der Waals surface area contributed by atoms with Crippen molar-refractivity contribution in [3.05, 3.63) is 40.1 Å².